The van der Waals surface area contributed by atoms with Crippen molar-refractivity contribution >= 4 is 11.6 Å². The van der Waals surface area contributed by atoms with Crippen molar-refractivity contribution in [3.63, 3.8) is 0 Å². The molecule has 0 radical (unpaired) electrons. The molecule has 0 saturated heterocycles. The number of aryl methyl sites for hydroxylation is 1. The molecule has 0 fully saturated rings. The minimum absolute atomic E-state index is 0.0247. The summed E-state index contributed by atoms with van der Waals surface area (Å²) in [6.07, 6.45) is 2.02. The van der Waals surface area contributed by atoms with E-state index in [1.54, 1.807) is 0 Å². The molecule has 2 aromatic carbocycles. The van der Waals surface area contributed by atoms with Gasteiger partial charge >= 0.3 is 0 Å². The molecule has 102 valence electrons. The number of nitrogens with zero attached hydrogens (tertiary/aromatic N) is 1. The van der Waals surface area contributed by atoms with E-state index in [0.717, 1.165) is 30.6 Å². The quantitative estimate of drug-likeness (QED) is 0.908. The van der Waals surface area contributed by atoms with Crippen molar-refractivity contribution in [3.8, 4) is 0 Å². The van der Waals surface area contributed by atoms with Crippen molar-refractivity contribution in [2.24, 2.45) is 5.73 Å². The van der Waals surface area contributed by atoms with Crippen LogP contribution in [0.15, 0.2) is 54.6 Å². The van der Waals surface area contributed by atoms with Crippen molar-refractivity contribution in [2.45, 2.75) is 18.9 Å². The molecule has 20 heavy (non-hydrogen) atoms. The van der Waals surface area contributed by atoms with Gasteiger partial charge in [0.15, 0.2) is 0 Å². The molecule has 2 N–H and O–H groups in total. The van der Waals surface area contributed by atoms with Crippen LogP contribution in [-0.2, 0) is 11.2 Å². The second-order valence-electron chi connectivity index (χ2n) is 5.11. The molecular weight excluding hydrogens is 248 g/mol. The molecule has 1 heterocycles. The molecule has 3 heteroatoms. The third kappa shape index (κ3) is 2.32. The zero-order valence-electron chi connectivity index (χ0n) is 11.3. The van der Waals surface area contributed by atoms with Crippen LogP contribution >= 0.6 is 0 Å². The Hall–Kier alpha value is -2.13. The van der Waals surface area contributed by atoms with E-state index in [-0.39, 0.29) is 5.91 Å². The van der Waals surface area contributed by atoms with Crippen molar-refractivity contribution in [1.29, 1.82) is 0 Å². The second kappa shape index (κ2) is 5.47. The fourth-order valence-electron chi connectivity index (χ4n) is 2.73. The molecule has 1 aliphatic heterocycles. The Bertz CT molecular complexity index is 609. The van der Waals surface area contributed by atoms with Crippen molar-refractivity contribution in [3.05, 3.63) is 65.7 Å². The Morgan fingerprint density at radius 2 is 1.75 bits per heavy atom. The Kier molecular flexibility index (Phi) is 3.52. The Morgan fingerprint density at radius 1 is 1.05 bits per heavy atom. The maximum Gasteiger partial charge on any atom is 0.248 e. The van der Waals surface area contributed by atoms with Gasteiger partial charge in [0.25, 0.3) is 0 Å². The number of hydrogen-bond acceptors (Lipinski definition) is 2. The first kappa shape index (κ1) is 12.9. The molecule has 0 bridgehead atoms. The number of para-hydroxylation sites is 1. The summed E-state index contributed by atoms with van der Waals surface area (Å²) < 4.78 is 0. The van der Waals surface area contributed by atoms with Crippen LogP contribution in [0.2, 0.25) is 0 Å². The summed E-state index contributed by atoms with van der Waals surface area (Å²) in [5, 5.41) is 0. The maximum atomic E-state index is 12.7. The third-order valence-corrected chi connectivity index (χ3v) is 3.80. The number of carbonyl (C=O) groups is 1. The van der Waals surface area contributed by atoms with Crippen molar-refractivity contribution in [2.75, 3.05) is 11.4 Å². The van der Waals surface area contributed by atoms with E-state index in [1.807, 2.05) is 53.4 Å². The van der Waals surface area contributed by atoms with E-state index in [9.17, 15) is 4.79 Å². The average molecular weight is 266 g/mol. The van der Waals surface area contributed by atoms with Gasteiger partial charge in [-0.25, -0.2) is 0 Å². The fourth-order valence-corrected chi connectivity index (χ4v) is 2.73. The van der Waals surface area contributed by atoms with Gasteiger partial charge in [0.2, 0.25) is 5.91 Å². The van der Waals surface area contributed by atoms with Gasteiger partial charge in [-0.05, 0) is 30.0 Å². The fraction of sp³-hybridized carbons (Fsp3) is 0.235. The molecular formula is C17H18N2O. The van der Waals surface area contributed by atoms with E-state index in [0.29, 0.717) is 0 Å². The van der Waals surface area contributed by atoms with Crippen LogP contribution in [0.1, 0.15) is 23.6 Å². The average Bonchev–Trinajstić information content (AvgIpc) is 2.54. The number of hydrogen-bond donors (Lipinski definition) is 1. The van der Waals surface area contributed by atoms with Crippen LogP contribution in [0.4, 0.5) is 5.69 Å². The number of amides is 1. The molecule has 3 rings (SSSR count). The summed E-state index contributed by atoms with van der Waals surface area (Å²) in [7, 11) is 0. The van der Waals surface area contributed by atoms with Crippen molar-refractivity contribution < 1.29 is 4.79 Å². The van der Waals surface area contributed by atoms with Gasteiger partial charge < -0.3 is 10.6 Å². The highest BCUT2D eigenvalue weighted by atomic mass is 16.2. The molecule has 1 aliphatic rings. The minimum Gasteiger partial charge on any atom is -0.316 e. The van der Waals surface area contributed by atoms with Crippen LogP contribution < -0.4 is 10.6 Å². The lowest BCUT2D eigenvalue weighted by atomic mass is 9.99. The zero-order valence-corrected chi connectivity index (χ0v) is 11.3. The first-order chi connectivity index (χ1) is 9.77. The van der Waals surface area contributed by atoms with Crippen LogP contribution in [-0.4, -0.2) is 12.5 Å². The van der Waals surface area contributed by atoms with Gasteiger partial charge in [0.05, 0.1) is 0 Å². The van der Waals surface area contributed by atoms with Crippen LogP contribution in [0, 0.1) is 0 Å². The first-order valence-electron chi connectivity index (χ1n) is 6.97. The molecule has 2 aromatic rings. The highest BCUT2D eigenvalue weighted by Gasteiger charge is 2.27. The molecule has 0 saturated carbocycles. The van der Waals surface area contributed by atoms with E-state index in [2.05, 4.69) is 6.07 Å². The molecule has 0 aromatic heterocycles. The largest absolute Gasteiger partial charge is 0.316 e. The minimum atomic E-state index is -0.595. The van der Waals surface area contributed by atoms with Crippen LogP contribution in [0.3, 0.4) is 0 Å². The van der Waals surface area contributed by atoms with Crippen LogP contribution in [0.25, 0.3) is 0 Å². The lowest BCUT2D eigenvalue weighted by Crippen LogP contribution is -2.41. The number of carbonyl (C=O) groups excluding carboxylic acids is 1. The van der Waals surface area contributed by atoms with Gasteiger partial charge in [-0.15, -0.1) is 0 Å². The second-order valence-corrected chi connectivity index (χ2v) is 5.11. The van der Waals surface area contributed by atoms with Crippen molar-refractivity contribution in [1.82, 2.24) is 0 Å². The number of fused-ring (bicyclic) bond motifs is 1. The number of rotatable bonds is 2. The SMILES string of the molecule is N[C@H](C(=O)N1CCCc2ccccc21)c1ccccc1. The predicted octanol–water partition coefficient (Wildman–Crippen LogP) is 2.67. The van der Waals surface area contributed by atoms with E-state index in [1.165, 1.54) is 5.56 Å². The molecule has 0 spiro atoms. The number of benzene rings is 2. The summed E-state index contributed by atoms with van der Waals surface area (Å²) in [5.74, 6) is -0.0247. The lowest BCUT2D eigenvalue weighted by Gasteiger charge is -2.31. The highest BCUT2D eigenvalue weighted by Crippen LogP contribution is 2.28. The van der Waals surface area contributed by atoms with Gasteiger partial charge in [-0.1, -0.05) is 48.5 Å². The van der Waals surface area contributed by atoms with Gasteiger partial charge in [0.1, 0.15) is 6.04 Å². The molecule has 1 atom stereocenters. The Morgan fingerprint density at radius 3 is 2.55 bits per heavy atom. The molecule has 0 aliphatic carbocycles. The first-order valence-corrected chi connectivity index (χ1v) is 6.97. The van der Waals surface area contributed by atoms with Gasteiger partial charge in [-0.2, -0.15) is 0 Å². The third-order valence-electron chi connectivity index (χ3n) is 3.80. The van der Waals surface area contributed by atoms with E-state index in [4.69, 9.17) is 5.73 Å². The maximum absolute atomic E-state index is 12.7. The monoisotopic (exact) mass is 266 g/mol. The van der Waals surface area contributed by atoms with Crippen LogP contribution in [0.5, 0.6) is 0 Å². The lowest BCUT2D eigenvalue weighted by molar-refractivity contribution is -0.120. The smallest absolute Gasteiger partial charge is 0.248 e. The van der Waals surface area contributed by atoms with Gasteiger partial charge in [-0.3, -0.25) is 4.79 Å². The highest BCUT2D eigenvalue weighted by molar-refractivity contribution is 5.98. The standard InChI is InChI=1S/C17H18N2O/c18-16(14-8-2-1-3-9-14)17(20)19-12-6-10-13-7-4-5-11-15(13)19/h1-5,7-9,11,16H,6,10,12,18H2/t16-/m0/s1. The summed E-state index contributed by atoms with van der Waals surface area (Å²) in [6.45, 7) is 0.746. The number of nitrogens with two attached hydrogens (primary N) is 1. The zero-order chi connectivity index (χ0) is 13.9. The number of anilines is 1. The summed E-state index contributed by atoms with van der Waals surface area (Å²) in [4.78, 5) is 14.5. The van der Waals surface area contributed by atoms with Gasteiger partial charge in [0, 0.05) is 12.2 Å². The normalized spacial score (nSPS) is 15.6. The molecule has 0 unspecified atom stereocenters. The van der Waals surface area contributed by atoms with E-state index >= 15 is 0 Å². The summed E-state index contributed by atoms with van der Waals surface area (Å²) in [5.41, 5.74) is 9.24. The summed E-state index contributed by atoms with van der Waals surface area (Å²) in [6, 6.07) is 17.0. The molecule has 1 amide bonds. The summed E-state index contributed by atoms with van der Waals surface area (Å²) >= 11 is 0. The topological polar surface area (TPSA) is 46.3 Å². The van der Waals surface area contributed by atoms with E-state index < -0.39 is 6.04 Å². The predicted molar refractivity (Wildman–Crippen MR) is 80.5 cm³/mol. The Balaban J connectivity index is 1.89. The Labute approximate surface area is 119 Å². The molecule has 3 nitrogen and oxygen atoms in total.